The van der Waals surface area contributed by atoms with Crippen molar-refractivity contribution in [2.24, 2.45) is 17.3 Å². The van der Waals surface area contributed by atoms with Crippen LogP contribution in [-0.4, -0.2) is 23.6 Å². The lowest BCUT2D eigenvalue weighted by Gasteiger charge is -2.27. The maximum atomic E-state index is 12.1. The van der Waals surface area contributed by atoms with Gasteiger partial charge >= 0.3 is 6.09 Å². The number of likely N-dealkylation sites (tertiary alicyclic amines) is 1. The third kappa shape index (κ3) is 2.01. The summed E-state index contributed by atoms with van der Waals surface area (Å²) in [5.74, 6) is 1.31. The third-order valence-corrected chi connectivity index (χ3v) is 4.98. The Bertz CT molecular complexity index is 483. The van der Waals surface area contributed by atoms with Crippen molar-refractivity contribution in [1.29, 1.82) is 0 Å². The molecule has 1 aliphatic carbocycles. The van der Waals surface area contributed by atoms with Crippen LogP contribution in [0.25, 0.3) is 0 Å². The molecule has 0 bridgehead atoms. The molecule has 1 aromatic carbocycles. The molecule has 3 atom stereocenters. The van der Waals surface area contributed by atoms with Gasteiger partial charge in [-0.25, -0.2) is 4.79 Å². The van der Waals surface area contributed by atoms with Crippen LogP contribution in [0.1, 0.15) is 26.3 Å². The molecule has 1 aromatic rings. The second kappa shape index (κ2) is 4.26. The lowest BCUT2D eigenvalue weighted by atomic mass is 10.0. The van der Waals surface area contributed by atoms with E-state index in [4.69, 9.17) is 4.74 Å². The minimum absolute atomic E-state index is 0.167. The van der Waals surface area contributed by atoms with Crippen LogP contribution in [-0.2, 0) is 11.3 Å². The Balaban J connectivity index is 1.55. The fourth-order valence-corrected chi connectivity index (χ4v) is 3.71. The number of piperidine rings is 1. The molecule has 3 heteroatoms. The molecular weight excluding hydrogens is 238 g/mol. The first-order chi connectivity index (χ1) is 9.01. The molecule has 3 nitrogen and oxygen atoms in total. The second-order valence-corrected chi connectivity index (χ2v) is 6.39. The SMILES string of the molecule is C[C@@H]1[C@@H]2C(CN1C(=O)OCc1ccccc1)C2(C)C. The summed E-state index contributed by atoms with van der Waals surface area (Å²) >= 11 is 0. The average Bonchev–Trinajstić information content (AvgIpc) is 2.75. The Hall–Kier alpha value is -1.51. The summed E-state index contributed by atoms with van der Waals surface area (Å²) in [6.07, 6.45) is -0.167. The second-order valence-electron chi connectivity index (χ2n) is 6.39. The molecule has 3 rings (SSSR count). The van der Waals surface area contributed by atoms with Crippen molar-refractivity contribution < 1.29 is 9.53 Å². The monoisotopic (exact) mass is 259 g/mol. The first-order valence-corrected chi connectivity index (χ1v) is 6.99. The van der Waals surface area contributed by atoms with Crippen LogP contribution in [0.4, 0.5) is 4.79 Å². The summed E-state index contributed by atoms with van der Waals surface area (Å²) in [6.45, 7) is 7.95. The summed E-state index contributed by atoms with van der Waals surface area (Å²) in [5, 5.41) is 0. The largest absolute Gasteiger partial charge is 0.445 e. The molecule has 1 amide bonds. The summed E-state index contributed by atoms with van der Waals surface area (Å²) in [4.78, 5) is 14.0. The van der Waals surface area contributed by atoms with Gasteiger partial charge in [-0.05, 0) is 29.7 Å². The zero-order valence-electron chi connectivity index (χ0n) is 11.8. The summed E-state index contributed by atoms with van der Waals surface area (Å²) in [6, 6.07) is 10.1. The molecule has 102 valence electrons. The first kappa shape index (κ1) is 12.5. The van der Waals surface area contributed by atoms with E-state index in [1.807, 2.05) is 35.2 Å². The lowest BCUT2D eigenvalue weighted by molar-refractivity contribution is 0.0827. The molecule has 2 aliphatic rings. The molecule has 19 heavy (non-hydrogen) atoms. The minimum atomic E-state index is -0.167. The van der Waals surface area contributed by atoms with Gasteiger partial charge < -0.3 is 9.64 Å². The maximum absolute atomic E-state index is 12.1. The van der Waals surface area contributed by atoms with Crippen molar-refractivity contribution in [3.8, 4) is 0 Å². The molecule has 0 aromatic heterocycles. The Kier molecular flexibility index (Phi) is 2.80. The highest BCUT2D eigenvalue weighted by atomic mass is 16.6. The molecular formula is C16H21NO2. The van der Waals surface area contributed by atoms with Crippen LogP contribution in [0.15, 0.2) is 30.3 Å². The average molecular weight is 259 g/mol. The summed E-state index contributed by atoms with van der Waals surface area (Å²) in [7, 11) is 0. The van der Waals surface area contributed by atoms with Gasteiger partial charge in [0.2, 0.25) is 0 Å². The van der Waals surface area contributed by atoms with Crippen LogP contribution in [0.5, 0.6) is 0 Å². The van der Waals surface area contributed by atoms with Gasteiger partial charge in [-0.3, -0.25) is 0 Å². The normalized spacial score (nSPS) is 30.9. The van der Waals surface area contributed by atoms with Gasteiger partial charge in [-0.2, -0.15) is 0 Å². The van der Waals surface area contributed by atoms with E-state index in [0.29, 0.717) is 29.9 Å². The van der Waals surface area contributed by atoms with Gasteiger partial charge in [-0.1, -0.05) is 44.2 Å². The maximum Gasteiger partial charge on any atom is 0.410 e. The van der Waals surface area contributed by atoms with E-state index in [2.05, 4.69) is 20.8 Å². The zero-order chi connectivity index (χ0) is 13.6. The van der Waals surface area contributed by atoms with Crippen molar-refractivity contribution in [2.45, 2.75) is 33.4 Å². The van der Waals surface area contributed by atoms with E-state index in [9.17, 15) is 4.79 Å². The smallest absolute Gasteiger partial charge is 0.410 e. The lowest BCUT2D eigenvalue weighted by Crippen LogP contribution is -2.39. The van der Waals surface area contributed by atoms with Crippen molar-refractivity contribution in [3.05, 3.63) is 35.9 Å². The van der Waals surface area contributed by atoms with Crippen LogP contribution in [0, 0.1) is 17.3 Å². The quantitative estimate of drug-likeness (QED) is 0.815. The topological polar surface area (TPSA) is 29.5 Å². The number of carbonyl (C=O) groups is 1. The molecule has 1 unspecified atom stereocenters. The number of hydrogen-bond acceptors (Lipinski definition) is 2. The van der Waals surface area contributed by atoms with E-state index in [-0.39, 0.29) is 6.09 Å². The van der Waals surface area contributed by atoms with Gasteiger partial charge in [0.1, 0.15) is 6.61 Å². The van der Waals surface area contributed by atoms with E-state index in [0.717, 1.165) is 12.1 Å². The Morgan fingerprint density at radius 2 is 2.05 bits per heavy atom. The van der Waals surface area contributed by atoms with Crippen molar-refractivity contribution in [1.82, 2.24) is 4.90 Å². The van der Waals surface area contributed by atoms with Crippen molar-refractivity contribution in [3.63, 3.8) is 0 Å². The van der Waals surface area contributed by atoms with Crippen LogP contribution in [0.2, 0.25) is 0 Å². The van der Waals surface area contributed by atoms with E-state index < -0.39 is 0 Å². The molecule has 1 saturated carbocycles. The minimum Gasteiger partial charge on any atom is -0.445 e. The van der Waals surface area contributed by atoms with E-state index >= 15 is 0 Å². The molecule has 1 aliphatic heterocycles. The predicted octanol–water partition coefficient (Wildman–Crippen LogP) is 3.30. The van der Waals surface area contributed by atoms with Crippen LogP contribution in [0.3, 0.4) is 0 Å². The Morgan fingerprint density at radius 1 is 1.37 bits per heavy atom. The molecule has 0 N–H and O–H groups in total. The molecule has 0 spiro atoms. The van der Waals surface area contributed by atoms with Gasteiger partial charge in [0, 0.05) is 12.6 Å². The van der Waals surface area contributed by atoms with E-state index in [1.165, 1.54) is 0 Å². The van der Waals surface area contributed by atoms with Crippen LogP contribution >= 0.6 is 0 Å². The number of carbonyl (C=O) groups excluding carboxylic acids is 1. The van der Waals surface area contributed by atoms with E-state index in [1.54, 1.807) is 0 Å². The fraction of sp³-hybridized carbons (Fsp3) is 0.562. The highest BCUT2D eigenvalue weighted by molar-refractivity contribution is 5.69. The molecule has 1 heterocycles. The standard InChI is InChI=1S/C16H21NO2/c1-11-14-13(16(14,2)3)9-17(11)15(18)19-10-12-7-5-4-6-8-12/h4-8,11,13-14H,9-10H2,1-3H3/t11-,13?,14-/m1/s1. The number of benzene rings is 1. The number of amides is 1. The molecule has 2 fully saturated rings. The first-order valence-electron chi connectivity index (χ1n) is 6.99. The highest BCUT2D eigenvalue weighted by Gasteiger charge is 2.66. The third-order valence-electron chi connectivity index (χ3n) is 4.98. The number of rotatable bonds is 2. The van der Waals surface area contributed by atoms with Crippen molar-refractivity contribution in [2.75, 3.05) is 6.54 Å². The predicted molar refractivity (Wildman–Crippen MR) is 73.6 cm³/mol. The fourth-order valence-electron chi connectivity index (χ4n) is 3.71. The zero-order valence-corrected chi connectivity index (χ0v) is 11.8. The number of ether oxygens (including phenoxy) is 1. The summed E-state index contributed by atoms with van der Waals surface area (Å²) < 4.78 is 5.41. The molecule has 0 radical (unpaired) electrons. The molecule has 1 saturated heterocycles. The number of nitrogens with zero attached hydrogens (tertiary/aromatic N) is 1. The van der Waals surface area contributed by atoms with Gasteiger partial charge in [0.15, 0.2) is 0 Å². The van der Waals surface area contributed by atoms with Crippen LogP contribution < -0.4 is 0 Å². The summed E-state index contributed by atoms with van der Waals surface area (Å²) in [5.41, 5.74) is 1.45. The highest BCUT2D eigenvalue weighted by Crippen LogP contribution is 2.64. The number of fused-ring (bicyclic) bond motifs is 1. The van der Waals surface area contributed by atoms with Gasteiger partial charge in [-0.15, -0.1) is 0 Å². The number of hydrogen-bond donors (Lipinski definition) is 0. The Labute approximate surface area is 114 Å². The van der Waals surface area contributed by atoms with Gasteiger partial charge in [0.25, 0.3) is 0 Å². The van der Waals surface area contributed by atoms with Crippen molar-refractivity contribution >= 4 is 6.09 Å². The Morgan fingerprint density at radius 3 is 2.63 bits per heavy atom. The van der Waals surface area contributed by atoms with Gasteiger partial charge in [0.05, 0.1) is 0 Å².